The molecule has 0 saturated carbocycles. The van der Waals surface area contributed by atoms with E-state index < -0.39 is 17.4 Å². The monoisotopic (exact) mass is 333 g/mol. The van der Waals surface area contributed by atoms with Crippen LogP contribution in [0.25, 0.3) is 0 Å². The molecule has 0 amide bonds. The van der Waals surface area contributed by atoms with E-state index in [1.165, 1.54) is 31.2 Å². The Balaban J connectivity index is 0.000000243. The second-order valence-corrected chi connectivity index (χ2v) is 5.49. The minimum atomic E-state index is -1.08. The maximum absolute atomic E-state index is 10.8. The van der Waals surface area contributed by atoms with Crippen LogP contribution in [0.4, 0.5) is 5.69 Å². The van der Waals surface area contributed by atoms with Gasteiger partial charge in [0.1, 0.15) is 0 Å². The Morgan fingerprint density at radius 2 is 1.92 bits per heavy atom. The molecule has 2 rings (SSSR count). The second-order valence-electron chi connectivity index (χ2n) is 5.49. The van der Waals surface area contributed by atoms with Crippen molar-refractivity contribution in [2.45, 2.75) is 26.7 Å². The Kier molecular flexibility index (Phi) is 6.40. The number of aliphatic carboxylic acids is 2. The number of rotatable bonds is 4. The molecular weight excluding hydrogens is 314 g/mol. The Bertz CT molecular complexity index is 707. The van der Waals surface area contributed by atoms with E-state index in [-0.39, 0.29) is 22.6 Å². The SMILES string of the molecule is CC1(C(=O)O)C=CC=C(C(=O)O)C1.CCc1ccccc1[N+](=O)[O-]. The van der Waals surface area contributed by atoms with Crippen LogP contribution in [0.5, 0.6) is 0 Å². The van der Waals surface area contributed by atoms with E-state index in [1.807, 2.05) is 13.0 Å². The first-order chi connectivity index (χ1) is 11.2. The lowest BCUT2D eigenvalue weighted by Gasteiger charge is -2.23. The molecular formula is C17H19NO6. The summed E-state index contributed by atoms with van der Waals surface area (Å²) in [5.41, 5.74) is 0.0579. The van der Waals surface area contributed by atoms with Crippen molar-refractivity contribution in [2.24, 2.45) is 5.41 Å². The third kappa shape index (κ3) is 4.77. The fourth-order valence-electron chi connectivity index (χ4n) is 2.17. The minimum Gasteiger partial charge on any atom is -0.481 e. The average Bonchev–Trinajstić information content (AvgIpc) is 2.55. The maximum Gasteiger partial charge on any atom is 0.331 e. The molecule has 1 aromatic carbocycles. The van der Waals surface area contributed by atoms with E-state index in [9.17, 15) is 19.7 Å². The molecule has 2 N–H and O–H groups in total. The molecule has 128 valence electrons. The van der Waals surface area contributed by atoms with Crippen molar-refractivity contribution in [2.75, 3.05) is 0 Å². The van der Waals surface area contributed by atoms with Gasteiger partial charge in [0, 0.05) is 17.2 Å². The van der Waals surface area contributed by atoms with Crippen molar-refractivity contribution in [1.29, 1.82) is 0 Å². The van der Waals surface area contributed by atoms with Crippen LogP contribution >= 0.6 is 0 Å². The molecule has 0 fully saturated rings. The second kappa shape index (κ2) is 8.05. The molecule has 0 spiro atoms. The Labute approximate surface area is 139 Å². The molecule has 1 aromatic rings. The van der Waals surface area contributed by atoms with Gasteiger partial charge in [0.05, 0.1) is 10.3 Å². The molecule has 1 unspecified atom stereocenters. The van der Waals surface area contributed by atoms with Crippen LogP contribution in [-0.2, 0) is 16.0 Å². The summed E-state index contributed by atoms with van der Waals surface area (Å²) < 4.78 is 0. The van der Waals surface area contributed by atoms with Gasteiger partial charge in [0.2, 0.25) is 0 Å². The molecule has 0 heterocycles. The van der Waals surface area contributed by atoms with Crippen LogP contribution < -0.4 is 0 Å². The lowest BCUT2D eigenvalue weighted by molar-refractivity contribution is -0.385. The fraction of sp³-hybridized carbons (Fsp3) is 0.294. The standard InChI is InChI=1S/C9H10O4.C8H9NO2/c1-9(8(12)13)4-2-3-6(5-9)7(10)11;1-2-7-5-3-4-6-8(7)9(10)11/h2-4H,5H2,1H3,(H,10,11)(H,12,13);3-6H,2H2,1H3. The predicted molar refractivity (Wildman–Crippen MR) is 87.7 cm³/mol. The lowest BCUT2D eigenvalue weighted by atomic mass is 9.80. The largest absolute Gasteiger partial charge is 0.481 e. The van der Waals surface area contributed by atoms with E-state index in [1.54, 1.807) is 12.1 Å². The summed E-state index contributed by atoms with van der Waals surface area (Å²) in [5.74, 6) is -2.06. The zero-order valence-corrected chi connectivity index (χ0v) is 13.4. The van der Waals surface area contributed by atoms with Crippen LogP contribution in [0.15, 0.2) is 48.1 Å². The molecule has 1 atom stereocenters. The van der Waals surface area contributed by atoms with Gasteiger partial charge in [-0.1, -0.05) is 43.4 Å². The molecule has 0 bridgehead atoms. The molecule has 24 heavy (non-hydrogen) atoms. The smallest absolute Gasteiger partial charge is 0.331 e. The number of benzene rings is 1. The normalized spacial score (nSPS) is 18.8. The number of nitro groups is 1. The number of aryl methyl sites for hydroxylation is 1. The number of nitrogens with zero attached hydrogens (tertiary/aromatic N) is 1. The van der Waals surface area contributed by atoms with Gasteiger partial charge in [-0.3, -0.25) is 14.9 Å². The third-order valence-electron chi connectivity index (χ3n) is 3.65. The van der Waals surface area contributed by atoms with E-state index in [0.29, 0.717) is 6.42 Å². The highest BCUT2D eigenvalue weighted by molar-refractivity contribution is 5.90. The topological polar surface area (TPSA) is 118 Å². The minimum absolute atomic E-state index is 0.0359. The van der Waals surface area contributed by atoms with Gasteiger partial charge in [-0.25, -0.2) is 4.79 Å². The first kappa shape index (κ1) is 19.1. The summed E-state index contributed by atoms with van der Waals surface area (Å²) >= 11 is 0. The van der Waals surface area contributed by atoms with E-state index in [4.69, 9.17) is 10.2 Å². The van der Waals surface area contributed by atoms with Gasteiger partial charge in [0.15, 0.2) is 0 Å². The Morgan fingerprint density at radius 1 is 1.29 bits per heavy atom. The Hall–Kier alpha value is -2.96. The molecule has 0 aromatic heterocycles. The first-order valence-electron chi connectivity index (χ1n) is 7.28. The quantitative estimate of drug-likeness (QED) is 0.645. The number of hydrogen-bond donors (Lipinski definition) is 2. The molecule has 1 aliphatic rings. The molecule has 0 radical (unpaired) electrons. The van der Waals surface area contributed by atoms with Crippen LogP contribution in [0.2, 0.25) is 0 Å². The number of nitro benzene ring substituents is 1. The van der Waals surface area contributed by atoms with E-state index >= 15 is 0 Å². The van der Waals surface area contributed by atoms with Gasteiger partial charge in [-0.15, -0.1) is 0 Å². The zero-order chi connectivity index (χ0) is 18.3. The van der Waals surface area contributed by atoms with E-state index in [0.717, 1.165) is 5.56 Å². The van der Waals surface area contributed by atoms with Crippen molar-refractivity contribution < 1.29 is 24.7 Å². The zero-order valence-electron chi connectivity index (χ0n) is 13.4. The highest BCUT2D eigenvalue weighted by atomic mass is 16.6. The van der Waals surface area contributed by atoms with Crippen molar-refractivity contribution in [3.05, 3.63) is 63.7 Å². The highest BCUT2D eigenvalue weighted by Crippen LogP contribution is 2.31. The van der Waals surface area contributed by atoms with Crippen LogP contribution in [0.1, 0.15) is 25.8 Å². The van der Waals surface area contributed by atoms with Crippen LogP contribution in [-0.4, -0.2) is 27.1 Å². The number of hydrogen-bond acceptors (Lipinski definition) is 4. The predicted octanol–water partition coefficient (Wildman–Crippen LogP) is 3.21. The summed E-state index contributed by atoms with van der Waals surface area (Å²) in [4.78, 5) is 31.4. The summed E-state index contributed by atoms with van der Waals surface area (Å²) in [7, 11) is 0. The molecule has 0 saturated heterocycles. The molecule has 1 aliphatic carbocycles. The maximum atomic E-state index is 10.8. The lowest BCUT2D eigenvalue weighted by Crippen LogP contribution is -2.28. The number of carbonyl (C=O) groups is 2. The number of carboxylic acids is 2. The fourth-order valence-corrected chi connectivity index (χ4v) is 2.17. The van der Waals surface area contributed by atoms with Gasteiger partial charge in [0.25, 0.3) is 5.69 Å². The first-order valence-corrected chi connectivity index (χ1v) is 7.28. The van der Waals surface area contributed by atoms with Gasteiger partial charge >= 0.3 is 11.9 Å². The number of carboxylic acid groups (broad SMARTS) is 2. The third-order valence-corrected chi connectivity index (χ3v) is 3.65. The van der Waals surface area contributed by atoms with Gasteiger partial charge < -0.3 is 10.2 Å². The molecule has 0 aliphatic heterocycles. The van der Waals surface area contributed by atoms with Gasteiger partial charge in [-0.2, -0.15) is 0 Å². The van der Waals surface area contributed by atoms with Crippen molar-refractivity contribution >= 4 is 17.6 Å². The number of allylic oxidation sites excluding steroid dienone is 2. The van der Waals surface area contributed by atoms with Crippen molar-refractivity contribution in [3.8, 4) is 0 Å². The highest BCUT2D eigenvalue weighted by Gasteiger charge is 2.34. The summed E-state index contributed by atoms with van der Waals surface area (Å²) in [6.07, 6.45) is 5.14. The van der Waals surface area contributed by atoms with E-state index in [2.05, 4.69) is 0 Å². The van der Waals surface area contributed by atoms with Crippen LogP contribution in [0, 0.1) is 15.5 Å². The van der Waals surface area contributed by atoms with Crippen LogP contribution in [0.3, 0.4) is 0 Å². The molecule has 7 heteroatoms. The average molecular weight is 333 g/mol. The summed E-state index contributed by atoms with van der Waals surface area (Å²) in [6, 6.07) is 6.79. The summed E-state index contributed by atoms with van der Waals surface area (Å²) in [5, 5.41) is 27.9. The number of para-hydroxylation sites is 1. The van der Waals surface area contributed by atoms with Crippen molar-refractivity contribution in [3.63, 3.8) is 0 Å². The molecule has 7 nitrogen and oxygen atoms in total. The Morgan fingerprint density at radius 3 is 2.38 bits per heavy atom. The summed E-state index contributed by atoms with van der Waals surface area (Å²) in [6.45, 7) is 3.41. The van der Waals surface area contributed by atoms with Gasteiger partial charge in [-0.05, 0) is 19.8 Å². The van der Waals surface area contributed by atoms with Crippen molar-refractivity contribution in [1.82, 2.24) is 0 Å².